The zero-order valence-electron chi connectivity index (χ0n) is 11.9. The molecule has 0 unspecified atom stereocenters. The Bertz CT molecular complexity index is 920. The molecule has 0 aliphatic rings. The number of benzene rings is 4. The lowest BCUT2D eigenvalue weighted by Crippen LogP contribution is -1.89. The highest BCUT2D eigenvalue weighted by molar-refractivity contribution is 6.12. The van der Waals surface area contributed by atoms with Crippen LogP contribution in [-0.4, -0.2) is 0 Å². The normalized spacial score (nSPS) is 11.1. The maximum Gasteiger partial charge on any atom is 0.0625 e. The van der Waals surface area contributed by atoms with Crippen LogP contribution in [0.2, 0.25) is 0 Å². The van der Waals surface area contributed by atoms with E-state index in [0.29, 0.717) is 11.4 Å². The van der Waals surface area contributed by atoms with E-state index in [-0.39, 0.29) is 0 Å². The van der Waals surface area contributed by atoms with E-state index in [9.17, 15) is 0 Å². The largest absolute Gasteiger partial charge is 0.300 e. The van der Waals surface area contributed by atoms with E-state index in [1.54, 1.807) is 0 Å². The second kappa shape index (κ2) is 4.78. The van der Waals surface area contributed by atoms with Crippen LogP contribution in [0.3, 0.4) is 0 Å². The summed E-state index contributed by atoms with van der Waals surface area (Å²) in [4.78, 5) is 0. The lowest BCUT2D eigenvalue weighted by molar-refractivity contribution is 1.47. The molecule has 0 heterocycles. The standard InChI is InChI=1S/C20H14N2/c21-17-11-9-13-5-1-3-7-15(13)19(17)20-16-8-4-2-6-14(16)10-12-18(20)22/h1-12,21-22H. The van der Waals surface area contributed by atoms with Crippen molar-refractivity contribution in [1.29, 1.82) is 0 Å². The molecule has 2 nitrogen and oxygen atoms in total. The Labute approximate surface area is 129 Å². The third kappa shape index (κ3) is 1.81. The van der Waals surface area contributed by atoms with E-state index < -0.39 is 0 Å². The number of rotatable bonds is 1. The Kier molecular flexibility index (Phi) is 2.76. The lowest BCUT2D eigenvalue weighted by Gasteiger charge is -2.14. The average Bonchev–Trinajstić information content (AvgIpc) is 2.56. The summed E-state index contributed by atoms with van der Waals surface area (Å²) in [7, 11) is 0. The van der Waals surface area contributed by atoms with E-state index in [1.807, 2.05) is 72.8 Å². The highest BCUT2D eigenvalue weighted by Crippen LogP contribution is 2.42. The van der Waals surface area contributed by atoms with Crippen LogP contribution in [0.15, 0.2) is 72.8 Å². The van der Waals surface area contributed by atoms with Gasteiger partial charge in [0.1, 0.15) is 0 Å². The Hall–Kier alpha value is -3.00. The van der Waals surface area contributed by atoms with E-state index in [2.05, 4.69) is 0 Å². The summed E-state index contributed by atoms with van der Waals surface area (Å²) >= 11 is 0. The van der Waals surface area contributed by atoms with Gasteiger partial charge in [-0.2, -0.15) is 0 Å². The van der Waals surface area contributed by atoms with Crippen molar-refractivity contribution in [1.82, 2.24) is 11.5 Å². The molecule has 2 heteroatoms. The number of nitrogens with one attached hydrogen (secondary N) is 2. The van der Waals surface area contributed by atoms with E-state index in [4.69, 9.17) is 11.5 Å². The summed E-state index contributed by atoms with van der Waals surface area (Å²) in [6.45, 7) is 0. The Balaban J connectivity index is 2.21. The zero-order valence-corrected chi connectivity index (χ0v) is 11.9. The molecule has 22 heavy (non-hydrogen) atoms. The van der Waals surface area contributed by atoms with Crippen LogP contribution in [0.1, 0.15) is 0 Å². The van der Waals surface area contributed by atoms with E-state index in [1.165, 1.54) is 0 Å². The molecule has 2 radical (unpaired) electrons. The smallest absolute Gasteiger partial charge is 0.0625 e. The van der Waals surface area contributed by atoms with E-state index in [0.717, 1.165) is 32.7 Å². The lowest BCUT2D eigenvalue weighted by atomic mass is 9.91. The Morgan fingerprint density at radius 3 is 1.32 bits per heavy atom. The number of hydrogen-bond acceptors (Lipinski definition) is 0. The second-order valence-corrected chi connectivity index (χ2v) is 5.42. The van der Waals surface area contributed by atoms with Crippen molar-refractivity contribution >= 4 is 32.9 Å². The maximum absolute atomic E-state index is 8.38. The zero-order chi connectivity index (χ0) is 15.1. The molecule has 0 fully saturated rings. The minimum atomic E-state index is 0.462. The summed E-state index contributed by atoms with van der Waals surface area (Å²) < 4.78 is 0. The van der Waals surface area contributed by atoms with Crippen molar-refractivity contribution in [3.8, 4) is 11.1 Å². The summed E-state index contributed by atoms with van der Waals surface area (Å²) in [5.41, 5.74) is 19.4. The molecule has 4 rings (SSSR count). The molecule has 0 amide bonds. The van der Waals surface area contributed by atoms with Gasteiger partial charge in [-0.1, -0.05) is 60.7 Å². The van der Waals surface area contributed by atoms with Gasteiger partial charge in [-0.25, -0.2) is 0 Å². The molecule has 0 aliphatic carbocycles. The van der Waals surface area contributed by atoms with Gasteiger partial charge in [0, 0.05) is 11.1 Å². The third-order valence-electron chi connectivity index (χ3n) is 4.11. The fourth-order valence-electron chi connectivity index (χ4n) is 3.08. The highest BCUT2D eigenvalue weighted by atomic mass is 14.6. The summed E-state index contributed by atoms with van der Waals surface area (Å²) in [6, 6.07) is 23.7. The van der Waals surface area contributed by atoms with Crippen molar-refractivity contribution in [2.75, 3.05) is 0 Å². The summed E-state index contributed by atoms with van der Waals surface area (Å²) in [6.07, 6.45) is 0. The second-order valence-electron chi connectivity index (χ2n) is 5.42. The van der Waals surface area contributed by atoms with Crippen LogP contribution in [0, 0.1) is 0 Å². The molecule has 0 bridgehead atoms. The highest BCUT2D eigenvalue weighted by Gasteiger charge is 2.14. The number of fused-ring (bicyclic) bond motifs is 2. The van der Waals surface area contributed by atoms with Gasteiger partial charge in [0.2, 0.25) is 0 Å². The topological polar surface area (TPSA) is 47.6 Å². The van der Waals surface area contributed by atoms with Gasteiger partial charge in [0.15, 0.2) is 0 Å². The molecule has 4 aromatic rings. The van der Waals surface area contributed by atoms with Crippen molar-refractivity contribution in [2.45, 2.75) is 0 Å². The molecular weight excluding hydrogens is 268 g/mol. The van der Waals surface area contributed by atoms with E-state index >= 15 is 0 Å². The molecule has 0 saturated carbocycles. The van der Waals surface area contributed by atoms with Crippen LogP contribution in [0.25, 0.3) is 32.7 Å². The minimum Gasteiger partial charge on any atom is -0.300 e. The Morgan fingerprint density at radius 1 is 0.455 bits per heavy atom. The molecule has 104 valence electrons. The molecule has 0 aliphatic heterocycles. The van der Waals surface area contributed by atoms with Crippen LogP contribution in [-0.2, 0) is 0 Å². The van der Waals surface area contributed by atoms with Crippen LogP contribution in [0.4, 0.5) is 11.4 Å². The van der Waals surface area contributed by atoms with Crippen molar-refractivity contribution in [2.24, 2.45) is 0 Å². The van der Waals surface area contributed by atoms with Gasteiger partial charge in [0.25, 0.3) is 0 Å². The first kappa shape index (κ1) is 12.7. The third-order valence-corrected chi connectivity index (χ3v) is 4.11. The molecule has 2 N–H and O–H groups in total. The fourth-order valence-corrected chi connectivity index (χ4v) is 3.08. The predicted molar refractivity (Wildman–Crippen MR) is 92.4 cm³/mol. The monoisotopic (exact) mass is 282 g/mol. The van der Waals surface area contributed by atoms with Crippen molar-refractivity contribution < 1.29 is 0 Å². The molecule has 0 aromatic heterocycles. The van der Waals surface area contributed by atoms with Crippen LogP contribution >= 0.6 is 0 Å². The van der Waals surface area contributed by atoms with Gasteiger partial charge in [0.05, 0.1) is 11.4 Å². The molecule has 0 atom stereocenters. The molecule has 0 spiro atoms. The first-order valence-corrected chi connectivity index (χ1v) is 7.23. The number of hydrogen-bond donors (Lipinski definition) is 0. The predicted octanol–water partition coefficient (Wildman–Crippen LogP) is 5.49. The summed E-state index contributed by atoms with van der Waals surface area (Å²) in [5, 5.41) is 4.25. The van der Waals surface area contributed by atoms with Crippen LogP contribution in [0.5, 0.6) is 0 Å². The first-order valence-electron chi connectivity index (χ1n) is 7.23. The minimum absolute atomic E-state index is 0.462. The Morgan fingerprint density at radius 2 is 0.864 bits per heavy atom. The van der Waals surface area contributed by atoms with Gasteiger partial charge in [-0.3, -0.25) is 0 Å². The van der Waals surface area contributed by atoms with Crippen molar-refractivity contribution in [3.63, 3.8) is 0 Å². The van der Waals surface area contributed by atoms with Crippen LogP contribution < -0.4 is 11.5 Å². The van der Waals surface area contributed by atoms with Crippen molar-refractivity contribution in [3.05, 3.63) is 72.8 Å². The maximum atomic E-state index is 8.38. The first-order chi connectivity index (χ1) is 10.8. The SMILES string of the molecule is [NH]c1ccc2ccccc2c1-c1c([NH])ccc2ccccc12. The molecule has 0 saturated heterocycles. The van der Waals surface area contributed by atoms with Gasteiger partial charge >= 0.3 is 0 Å². The van der Waals surface area contributed by atoms with Gasteiger partial charge < -0.3 is 11.5 Å². The molecule has 4 aromatic carbocycles. The quantitative estimate of drug-likeness (QED) is 0.443. The van der Waals surface area contributed by atoms with Gasteiger partial charge in [-0.15, -0.1) is 0 Å². The molecular formula is C20H14N2. The average molecular weight is 282 g/mol. The van der Waals surface area contributed by atoms with Gasteiger partial charge in [-0.05, 0) is 33.7 Å². The fraction of sp³-hybridized carbons (Fsp3) is 0. The summed E-state index contributed by atoms with van der Waals surface area (Å²) in [5.74, 6) is 0.